The van der Waals surface area contributed by atoms with E-state index in [0.717, 1.165) is 37.7 Å². The van der Waals surface area contributed by atoms with Crippen LogP contribution in [0.5, 0.6) is 0 Å². The highest BCUT2D eigenvalue weighted by atomic mass is 16.5. The molecule has 0 unspecified atom stereocenters. The number of amides is 1. The topological polar surface area (TPSA) is 49.8 Å². The summed E-state index contributed by atoms with van der Waals surface area (Å²) in [7, 11) is 0. The monoisotopic (exact) mass is 323 g/mol. The third-order valence-corrected chi connectivity index (χ3v) is 4.88. The highest BCUT2D eigenvalue weighted by Crippen LogP contribution is 2.42. The van der Waals surface area contributed by atoms with Crippen molar-refractivity contribution in [3.8, 4) is 0 Å². The van der Waals surface area contributed by atoms with Crippen LogP contribution in [0, 0.1) is 5.41 Å². The van der Waals surface area contributed by atoms with Crippen molar-refractivity contribution in [2.45, 2.75) is 84.9 Å². The molecule has 1 fully saturated rings. The molecule has 0 aromatic rings. The fourth-order valence-corrected chi connectivity index (χ4v) is 3.42. The Hall–Kier alpha value is -1.29. The molecule has 0 aromatic carbocycles. The molecule has 1 N–H and O–H groups in total. The molecule has 1 rings (SSSR count). The van der Waals surface area contributed by atoms with E-state index in [1.165, 1.54) is 0 Å². The molecule has 0 aliphatic heterocycles. The number of hydrogen-bond donors (Lipinski definition) is 1. The Labute approximate surface area is 141 Å². The fourth-order valence-electron chi connectivity index (χ4n) is 3.42. The lowest BCUT2D eigenvalue weighted by molar-refractivity contribution is 0.0870. The number of aliphatic hydroxyl groups is 1. The van der Waals surface area contributed by atoms with Crippen LogP contribution in [0.1, 0.15) is 66.7 Å². The van der Waals surface area contributed by atoms with Gasteiger partial charge in [0.1, 0.15) is 0 Å². The summed E-state index contributed by atoms with van der Waals surface area (Å²) in [6.45, 7) is 13.7. The Kier molecular flexibility index (Phi) is 7.33. The largest absolute Gasteiger partial charge is 0.418 e. The number of carbonyl (C=O) groups is 1. The van der Waals surface area contributed by atoms with Crippen molar-refractivity contribution < 1.29 is 14.6 Å². The van der Waals surface area contributed by atoms with Crippen molar-refractivity contribution in [2.24, 2.45) is 5.41 Å². The molecule has 132 valence electrons. The Bertz CT molecular complexity index is 434. The average Bonchev–Trinajstić information content (AvgIpc) is 2.66. The first-order valence-corrected chi connectivity index (χ1v) is 8.73. The van der Waals surface area contributed by atoms with Crippen molar-refractivity contribution >= 4 is 6.09 Å². The summed E-state index contributed by atoms with van der Waals surface area (Å²) in [6, 6.07) is 0.167. The van der Waals surface area contributed by atoms with Gasteiger partial charge in [-0.15, -0.1) is 6.58 Å². The van der Waals surface area contributed by atoms with Gasteiger partial charge in [0.05, 0.1) is 12.4 Å². The molecule has 1 saturated carbocycles. The Morgan fingerprint density at radius 3 is 2.39 bits per heavy atom. The van der Waals surface area contributed by atoms with E-state index in [1.807, 2.05) is 34.6 Å². The van der Waals surface area contributed by atoms with Gasteiger partial charge in [0.15, 0.2) is 0 Å². The molecule has 0 radical (unpaired) electrons. The van der Waals surface area contributed by atoms with E-state index in [9.17, 15) is 9.90 Å². The van der Waals surface area contributed by atoms with Crippen LogP contribution in [0.15, 0.2) is 24.5 Å². The lowest BCUT2D eigenvalue weighted by Crippen LogP contribution is -2.42. The Morgan fingerprint density at radius 2 is 1.87 bits per heavy atom. The van der Waals surface area contributed by atoms with Crippen LogP contribution in [-0.4, -0.2) is 34.3 Å². The van der Waals surface area contributed by atoms with Crippen molar-refractivity contribution in [3.05, 3.63) is 24.5 Å². The van der Waals surface area contributed by atoms with Crippen molar-refractivity contribution in [1.29, 1.82) is 0 Å². The minimum absolute atomic E-state index is 0.0835. The van der Waals surface area contributed by atoms with E-state index in [0.29, 0.717) is 0 Å². The van der Waals surface area contributed by atoms with Crippen LogP contribution in [0.25, 0.3) is 0 Å². The minimum atomic E-state index is -0.628. The molecular formula is C19H33NO3. The van der Waals surface area contributed by atoms with E-state index >= 15 is 0 Å². The second kappa shape index (κ2) is 8.53. The lowest BCUT2D eigenvalue weighted by Gasteiger charge is -2.34. The summed E-state index contributed by atoms with van der Waals surface area (Å²) in [5.41, 5.74) is 0.599. The first-order valence-electron chi connectivity index (χ1n) is 8.73. The molecule has 0 saturated heterocycles. The average molecular weight is 323 g/mol. The van der Waals surface area contributed by atoms with Crippen LogP contribution >= 0.6 is 0 Å². The third-order valence-electron chi connectivity index (χ3n) is 4.88. The zero-order chi connectivity index (χ0) is 17.6. The number of ether oxygens (including phenoxy) is 1. The Balaban J connectivity index is 2.97. The van der Waals surface area contributed by atoms with Gasteiger partial charge in [0.2, 0.25) is 0 Å². The zero-order valence-corrected chi connectivity index (χ0v) is 15.3. The summed E-state index contributed by atoms with van der Waals surface area (Å²) < 4.78 is 5.49. The van der Waals surface area contributed by atoms with Gasteiger partial charge in [0, 0.05) is 17.5 Å². The standard InChI is InChI=1S/C19H33NO3/c1-7-17(21)19(6)12-10-8-9-11-16(19)13-23-18(22)20(14(2)3)15(4)5/h7,13-15,17,21H,1,8-12H2,2-6H3/b16-13+/t17-,19+/m1/s1. The van der Waals surface area contributed by atoms with E-state index in [2.05, 4.69) is 6.58 Å². The lowest BCUT2D eigenvalue weighted by atomic mass is 9.74. The first kappa shape index (κ1) is 19.8. The van der Waals surface area contributed by atoms with Crippen LogP contribution < -0.4 is 0 Å². The maximum absolute atomic E-state index is 12.4. The van der Waals surface area contributed by atoms with Gasteiger partial charge < -0.3 is 14.7 Å². The molecule has 1 amide bonds. The summed E-state index contributed by atoms with van der Waals surface area (Å²) in [4.78, 5) is 14.1. The van der Waals surface area contributed by atoms with Gasteiger partial charge in [-0.1, -0.05) is 25.8 Å². The Morgan fingerprint density at radius 1 is 1.26 bits per heavy atom. The quantitative estimate of drug-likeness (QED) is 0.455. The van der Waals surface area contributed by atoms with Gasteiger partial charge >= 0.3 is 6.09 Å². The minimum Gasteiger partial charge on any atom is -0.418 e. The van der Waals surface area contributed by atoms with Gasteiger partial charge in [-0.3, -0.25) is 0 Å². The number of hydrogen-bond acceptors (Lipinski definition) is 3. The molecule has 1 aliphatic rings. The van der Waals surface area contributed by atoms with Gasteiger partial charge in [0.25, 0.3) is 0 Å². The van der Waals surface area contributed by atoms with Gasteiger partial charge in [-0.2, -0.15) is 0 Å². The second-order valence-electron chi connectivity index (χ2n) is 7.28. The van der Waals surface area contributed by atoms with Gasteiger partial charge in [-0.25, -0.2) is 4.79 Å². The van der Waals surface area contributed by atoms with E-state index in [4.69, 9.17) is 4.74 Å². The van der Waals surface area contributed by atoms with Crippen molar-refractivity contribution in [1.82, 2.24) is 4.90 Å². The number of aliphatic hydroxyl groups excluding tert-OH is 1. The van der Waals surface area contributed by atoms with Crippen molar-refractivity contribution in [2.75, 3.05) is 0 Å². The van der Waals surface area contributed by atoms with E-state index in [1.54, 1.807) is 17.2 Å². The smallest absolute Gasteiger partial charge is 0.415 e. The number of rotatable bonds is 5. The van der Waals surface area contributed by atoms with Crippen molar-refractivity contribution in [3.63, 3.8) is 0 Å². The third kappa shape index (κ3) is 4.84. The number of carbonyl (C=O) groups excluding carboxylic acids is 1. The highest BCUT2D eigenvalue weighted by Gasteiger charge is 2.36. The second-order valence-corrected chi connectivity index (χ2v) is 7.28. The molecule has 23 heavy (non-hydrogen) atoms. The van der Waals surface area contributed by atoms with Crippen LogP contribution in [0.4, 0.5) is 4.79 Å². The molecule has 2 atom stereocenters. The molecular weight excluding hydrogens is 290 g/mol. The zero-order valence-electron chi connectivity index (χ0n) is 15.3. The predicted molar refractivity (Wildman–Crippen MR) is 94.1 cm³/mol. The van der Waals surface area contributed by atoms with Crippen LogP contribution in [0.3, 0.4) is 0 Å². The normalized spacial score (nSPS) is 25.3. The first-order chi connectivity index (χ1) is 10.7. The molecule has 0 spiro atoms. The maximum Gasteiger partial charge on any atom is 0.415 e. The molecule has 0 bridgehead atoms. The maximum atomic E-state index is 12.4. The molecule has 4 heteroatoms. The SMILES string of the molecule is C=C[C@@H](O)[C@@]1(C)CCCCC/C1=C\OC(=O)N(C(C)C)C(C)C. The summed E-state index contributed by atoms with van der Waals surface area (Å²) in [5, 5.41) is 10.4. The fraction of sp³-hybridized carbons (Fsp3) is 0.737. The van der Waals surface area contributed by atoms with E-state index < -0.39 is 11.5 Å². The predicted octanol–water partition coefficient (Wildman–Crippen LogP) is 4.64. The van der Waals surface area contributed by atoms with Crippen LogP contribution in [0.2, 0.25) is 0 Å². The molecule has 0 heterocycles. The summed E-state index contributed by atoms with van der Waals surface area (Å²) >= 11 is 0. The summed E-state index contributed by atoms with van der Waals surface area (Å²) in [5.74, 6) is 0. The van der Waals surface area contributed by atoms with Gasteiger partial charge in [-0.05, 0) is 52.5 Å². The highest BCUT2D eigenvalue weighted by molar-refractivity contribution is 5.69. The molecule has 0 aromatic heterocycles. The molecule has 1 aliphatic carbocycles. The molecule has 4 nitrogen and oxygen atoms in total. The van der Waals surface area contributed by atoms with E-state index in [-0.39, 0.29) is 18.2 Å². The van der Waals surface area contributed by atoms with Crippen LogP contribution in [-0.2, 0) is 4.74 Å². The summed E-state index contributed by atoms with van der Waals surface area (Å²) in [6.07, 6.45) is 7.18. The number of nitrogens with zero attached hydrogens (tertiary/aromatic N) is 1.